The van der Waals surface area contributed by atoms with E-state index in [4.69, 9.17) is 0 Å². The van der Waals surface area contributed by atoms with Crippen molar-refractivity contribution in [3.05, 3.63) is 36.9 Å². The van der Waals surface area contributed by atoms with Gasteiger partial charge in [0.1, 0.15) is 0 Å². The lowest BCUT2D eigenvalue weighted by Gasteiger charge is -2.12. The predicted octanol–water partition coefficient (Wildman–Crippen LogP) is 2.97. The molecule has 1 rings (SSSR count). The van der Waals surface area contributed by atoms with Gasteiger partial charge in [-0.3, -0.25) is 0 Å². The van der Waals surface area contributed by atoms with E-state index in [0.717, 1.165) is 12.1 Å². The molecule has 1 aromatic carbocycles. The number of sulfone groups is 1. The Morgan fingerprint density at radius 3 is 2.17 bits per heavy atom. The van der Waals surface area contributed by atoms with E-state index < -0.39 is 20.2 Å². The van der Waals surface area contributed by atoms with Gasteiger partial charge in [-0.25, -0.2) is 8.42 Å². The van der Waals surface area contributed by atoms with E-state index in [1.165, 1.54) is 12.1 Å². The number of nitrogens with one attached hydrogen (secondary N) is 1. The Hall–Kier alpha value is -1.50. The second-order valence-corrected chi connectivity index (χ2v) is 5.58. The largest absolute Gasteiger partial charge is 0.501 e. The van der Waals surface area contributed by atoms with Crippen LogP contribution in [0.2, 0.25) is 0 Å². The van der Waals surface area contributed by atoms with Gasteiger partial charge in [-0.1, -0.05) is 6.08 Å². The first-order valence-electron chi connectivity index (χ1n) is 4.99. The third-order valence-electron chi connectivity index (χ3n) is 2.22. The maximum absolute atomic E-state index is 12.3. The van der Waals surface area contributed by atoms with Gasteiger partial charge in [0.15, 0.2) is 0 Å². The SMILES string of the molecule is C=CC(C)Nc1ccc(S(=O)(=O)C(F)(F)F)cc1. The Morgan fingerprint density at radius 2 is 1.78 bits per heavy atom. The minimum absolute atomic E-state index is 0.0740. The number of hydrogen-bond donors (Lipinski definition) is 1. The van der Waals surface area contributed by atoms with Gasteiger partial charge in [-0.05, 0) is 31.2 Å². The summed E-state index contributed by atoms with van der Waals surface area (Å²) in [6.07, 6.45) is 1.61. The highest BCUT2D eigenvalue weighted by Gasteiger charge is 2.46. The molecule has 7 heteroatoms. The van der Waals surface area contributed by atoms with E-state index >= 15 is 0 Å². The van der Waals surface area contributed by atoms with Crippen LogP contribution in [0.15, 0.2) is 41.8 Å². The predicted molar refractivity (Wildman–Crippen MR) is 63.0 cm³/mol. The molecule has 3 nitrogen and oxygen atoms in total. The van der Waals surface area contributed by atoms with Gasteiger partial charge < -0.3 is 5.32 Å². The van der Waals surface area contributed by atoms with Gasteiger partial charge in [0.05, 0.1) is 4.90 Å². The van der Waals surface area contributed by atoms with E-state index in [9.17, 15) is 21.6 Å². The van der Waals surface area contributed by atoms with E-state index in [0.29, 0.717) is 5.69 Å². The second-order valence-electron chi connectivity index (χ2n) is 3.64. The molecule has 0 saturated heterocycles. The molecule has 0 aliphatic carbocycles. The van der Waals surface area contributed by atoms with Gasteiger partial charge in [-0.2, -0.15) is 13.2 Å². The van der Waals surface area contributed by atoms with Gasteiger partial charge in [0, 0.05) is 11.7 Å². The average Bonchev–Trinajstić information content (AvgIpc) is 2.28. The maximum atomic E-state index is 12.3. The number of benzene rings is 1. The number of alkyl halides is 3. The molecule has 1 aromatic rings. The van der Waals surface area contributed by atoms with Crippen LogP contribution in [-0.4, -0.2) is 20.0 Å². The van der Waals surface area contributed by atoms with Crippen molar-refractivity contribution in [2.45, 2.75) is 23.4 Å². The smallest absolute Gasteiger partial charge is 0.379 e. The van der Waals surface area contributed by atoms with Crippen LogP contribution in [0.1, 0.15) is 6.92 Å². The van der Waals surface area contributed by atoms with Crippen molar-refractivity contribution in [1.29, 1.82) is 0 Å². The lowest BCUT2D eigenvalue weighted by atomic mass is 10.2. The average molecular weight is 279 g/mol. The molecule has 1 atom stereocenters. The molecule has 0 saturated carbocycles. The molecular weight excluding hydrogens is 267 g/mol. The first-order valence-corrected chi connectivity index (χ1v) is 6.47. The Kier molecular flexibility index (Phi) is 4.05. The quantitative estimate of drug-likeness (QED) is 0.862. The first kappa shape index (κ1) is 14.6. The lowest BCUT2D eigenvalue weighted by molar-refractivity contribution is -0.0436. The van der Waals surface area contributed by atoms with Crippen molar-refractivity contribution in [2.24, 2.45) is 0 Å². The Balaban J connectivity index is 3.00. The zero-order valence-electron chi connectivity index (χ0n) is 9.53. The molecule has 0 spiro atoms. The highest BCUT2D eigenvalue weighted by Crippen LogP contribution is 2.30. The highest BCUT2D eigenvalue weighted by molar-refractivity contribution is 7.92. The fraction of sp³-hybridized carbons (Fsp3) is 0.273. The minimum atomic E-state index is -5.28. The molecular formula is C11H12F3NO2S. The van der Waals surface area contributed by atoms with Crippen molar-refractivity contribution in [3.63, 3.8) is 0 Å². The Labute approximate surface area is 103 Å². The molecule has 0 aliphatic rings. The van der Waals surface area contributed by atoms with Crippen molar-refractivity contribution < 1.29 is 21.6 Å². The van der Waals surface area contributed by atoms with Crippen LogP contribution in [0.5, 0.6) is 0 Å². The van der Waals surface area contributed by atoms with Crippen LogP contribution in [0.3, 0.4) is 0 Å². The summed E-state index contributed by atoms with van der Waals surface area (Å²) in [5.74, 6) is 0. The normalized spacial score (nSPS) is 14.0. The summed E-state index contributed by atoms with van der Waals surface area (Å²) in [6, 6.07) is 4.31. The van der Waals surface area contributed by atoms with Crippen LogP contribution < -0.4 is 5.32 Å². The highest BCUT2D eigenvalue weighted by atomic mass is 32.2. The summed E-state index contributed by atoms with van der Waals surface area (Å²) < 4.78 is 59.0. The molecule has 1 unspecified atom stereocenters. The number of halogens is 3. The van der Waals surface area contributed by atoms with Crippen molar-refractivity contribution in [2.75, 3.05) is 5.32 Å². The lowest BCUT2D eigenvalue weighted by Crippen LogP contribution is -2.23. The van der Waals surface area contributed by atoms with Gasteiger partial charge in [0.2, 0.25) is 0 Å². The summed E-state index contributed by atoms with van der Waals surface area (Å²) in [7, 11) is -5.28. The van der Waals surface area contributed by atoms with Crippen molar-refractivity contribution in [1.82, 2.24) is 0 Å². The first-order chi connectivity index (χ1) is 8.18. The summed E-state index contributed by atoms with van der Waals surface area (Å²) in [6.45, 7) is 5.34. The molecule has 0 radical (unpaired) electrons. The topological polar surface area (TPSA) is 46.2 Å². The fourth-order valence-corrected chi connectivity index (χ4v) is 1.95. The van der Waals surface area contributed by atoms with Crippen molar-refractivity contribution in [3.8, 4) is 0 Å². The monoisotopic (exact) mass is 279 g/mol. The molecule has 0 aliphatic heterocycles. The molecule has 100 valence electrons. The third-order valence-corrected chi connectivity index (χ3v) is 3.72. The summed E-state index contributed by atoms with van der Waals surface area (Å²) in [5, 5.41) is 2.91. The number of hydrogen-bond acceptors (Lipinski definition) is 3. The number of rotatable bonds is 4. The summed E-state index contributed by atoms with van der Waals surface area (Å²) in [4.78, 5) is -0.771. The molecule has 0 heterocycles. The molecule has 0 fully saturated rings. The Bertz CT molecular complexity index is 520. The molecule has 18 heavy (non-hydrogen) atoms. The van der Waals surface area contributed by atoms with E-state index in [-0.39, 0.29) is 6.04 Å². The maximum Gasteiger partial charge on any atom is 0.501 e. The zero-order valence-corrected chi connectivity index (χ0v) is 10.3. The van der Waals surface area contributed by atoms with E-state index in [1.807, 2.05) is 0 Å². The third kappa shape index (κ3) is 3.04. The van der Waals surface area contributed by atoms with Gasteiger partial charge >= 0.3 is 5.51 Å². The van der Waals surface area contributed by atoms with Crippen LogP contribution in [0, 0.1) is 0 Å². The fourth-order valence-electron chi connectivity index (χ4n) is 1.19. The summed E-state index contributed by atoms with van der Waals surface area (Å²) >= 11 is 0. The van der Waals surface area contributed by atoms with Crippen LogP contribution in [0.4, 0.5) is 18.9 Å². The Morgan fingerprint density at radius 1 is 1.28 bits per heavy atom. The van der Waals surface area contributed by atoms with E-state index in [2.05, 4.69) is 11.9 Å². The summed E-state index contributed by atoms with van der Waals surface area (Å²) in [5.41, 5.74) is -4.76. The minimum Gasteiger partial charge on any atom is -0.379 e. The van der Waals surface area contributed by atoms with Crippen molar-refractivity contribution >= 4 is 15.5 Å². The zero-order chi connectivity index (χ0) is 14.0. The molecule has 0 aromatic heterocycles. The van der Waals surface area contributed by atoms with E-state index in [1.54, 1.807) is 13.0 Å². The van der Waals surface area contributed by atoms with Crippen LogP contribution >= 0.6 is 0 Å². The van der Waals surface area contributed by atoms with Crippen LogP contribution in [0.25, 0.3) is 0 Å². The molecule has 0 bridgehead atoms. The molecule has 1 N–H and O–H groups in total. The molecule has 0 amide bonds. The van der Waals surface area contributed by atoms with Gasteiger partial charge in [0.25, 0.3) is 9.84 Å². The van der Waals surface area contributed by atoms with Crippen LogP contribution in [-0.2, 0) is 9.84 Å². The van der Waals surface area contributed by atoms with Gasteiger partial charge in [-0.15, -0.1) is 6.58 Å². The number of anilines is 1. The standard InChI is InChI=1S/C11H12F3NO2S/c1-3-8(2)15-9-4-6-10(7-5-9)18(16,17)11(12,13)14/h3-8,15H,1H2,2H3. The second kappa shape index (κ2) is 5.01.